The monoisotopic (exact) mass is 1210 g/mol. The normalized spacial score (nSPS) is 11.8. The van der Waals surface area contributed by atoms with Crippen LogP contribution in [0.4, 0.5) is 61.2 Å². The van der Waals surface area contributed by atoms with E-state index in [0.29, 0.717) is 66.9 Å². The minimum absolute atomic E-state index is 0.0490. The van der Waals surface area contributed by atoms with Gasteiger partial charge >= 0.3 is 0 Å². The zero-order valence-corrected chi connectivity index (χ0v) is 47.3. The number of benzene rings is 3. The molecule has 3 atom stereocenters. The molecule has 0 bridgehead atoms. The number of hydrogen-bond acceptors (Lipinski definition) is 21. The van der Waals surface area contributed by atoms with Gasteiger partial charge in [-0.3, -0.25) is 15.0 Å². The van der Waals surface area contributed by atoms with Crippen molar-refractivity contribution in [3.8, 4) is 52.0 Å². The molecule has 21 nitrogen and oxygen atoms in total. The molecule has 1 unspecified atom stereocenters. The summed E-state index contributed by atoms with van der Waals surface area (Å²) in [6.07, 6.45) is 8.63. The molecule has 0 aliphatic carbocycles. The molecule has 0 radical (unpaired) electrons. The Morgan fingerprint density at radius 3 is 0.856 bits per heavy atom. The number of anilines is 6. The Balaban J connectivity index is 0.000000148. The van der Waals surface area contributed by atoms with Crippen LogP contribution in [0.3, 0.4) is 0 Å². The van der Waals surface area contributed by atoms with Crippen LogP contribution in [0.25, 0.3) is 66.9 Å². The molecule has 9 heterocycles. The van der Waals surface area contributed by atoms with Crippen LogP contribution in [0, 0.1) is 68.9 Å². The van der Waals surface area contributed by atoms with Gasteiger partial charge in [-0.25, -0.2) is 71.2 Å². The lowest BCUT2D eigenvalue weighted by Crippen LogP contribution is -2.13. The molecule has 12 rings (SSSR count). The van der Waals surface area contributed by atoms with Gasteiger partial charge in [-0.2, -0.15) is 15.8 Å². The van der Waals surface area contributed by atoms with Crippen LogP contribution in [0.15, 0.2) is 147 Å². The number of aromatic nitrogens is 12. The van der Waals surface area contributed by atoms with Crippen molar-refractivity contribution in [1.82, 2.24) is 59.8 Å². The summed E-state index contributed by atoms with van der Waals surface area (Å²) in [6, 6.07) is 30.1. The van der Waals surface area contributed by atoms with E-state index in [0.717, 1.165) is 18.2 Å². The van der Waals surface area contributed by atoms with Gasteiger partial charge in [0.1, 0.15) is 124 Å². The first-order valence-corrected chi connectivity index (χ1v) is 26.9. The Hall–Kier alpha value is -12.6. The summed E-state index contributed by atoms with van der Waals surface area (Å²) in [7, 11) is 0. The zero-order valence-electron chi connectivity index (χ0n) is 47.3. The highest BCUT2D eigenvalue weighted by molar-refractivity contribution is 5.83. The Labute approximate surface area is 507 Å². The topological polar surface area (TPSA) is 340 Å². The number of nitrogens with zero attached hydrogens (tertiary/aromatic N) is 15. The Kier molecular flexibility index (Phi) is 17.7. The molecule has 27 heteroatoms. The predicted molar refractivity (Wildman–Crippen MR) is 324 cm³/mol. The highest BCUT2D eigenvalue weighted by Gasteiger charge is 2.24. The van der Waals surface area contributed by atoms with Gasteiger partial charge < -0.3 is 33.2 Å². The van der Waals surface area contributed by atoms with Crippen molar-refractivity contribution < 1.29 is 26.3 Å². The first-order chi connectivity index (χ1) is 43.4. The number of nitriles is 3. The van der Waals surface area contributed by atoms with E-state index < -0.39 is 53.0 Å². The van der Waals surface area contributed by atoms with Gasteiger partial charge in [-0.05, 0) is 112 Å². The molecule has 9 aromatic heterocycles. The zero-order chi connectivity index (χ0) is 63.8. The first-order valence-electron chi connectivity index (χ1n) is 26.9. The van der Waals surface area contributed by atoms with Crippen LogP contribution in [0.2, 0.25) is 0 Å². The summed E-state index contributed by atoms with van der Waals surface area (Å²) in [6.45, 7) is 5.43. The molecule has 0 aliphatic heterocycles. The summed E-state index contributed by atoms with van der Waals surface area (Å²) >= 11 is 0. The van der Waals surface area contributed by atoms with Crippen molar-refractivity contribution in [3.63, 3.8) is 0 Å². The maximum absolute atomic E-state index is 13.9. The van der Waals surface area contributed by atoms with Crippen LogP contribution in [-0.4, -0.2) is 59.8 Å². The molecular formula is C63H45F6N21. The van der Waals surface area contributed by atoms with Crippen molar-refractivity contribution in [3.05, 3.63) is 215 Å². The molecule has 0 saturated carbocycles. The highest BCUT2D eigenvalue weighted by atomic mass is 19.2. The van der Waals surface area contributed by atoms with Gasteiger partial charge in [0.15, 0.2) is 0 Å². The molecular weight excluding hydrogens is 1160 g/mol. The first kappa shape index (κ1) is 60.5. The van der Waals surface area contributed by atoms with E-state index in [1.807, 2.05) is 39.0 Å². The summed E-state index contributed by atoms with van der Waals surface area (Å²) < 4.78 is 83.3. The number of rotatable bonds is 12. The molecule has 0 fully saturated rings. The number of hydrogen-bond donors (Lipinski definition) is 6. The summed E-state index contributed by atoms with van der Waals surface area (Å²) in [5.41, 5.74) is 25.0. The molecule has 9 N–H and O–H groups in total. The minimum atomic E-state index is -0.708. The SMILES string of the molecule is CC(Nc1ncnc(N)c1C#N)c1cc2ncccc2nc1-c1cc(F)cc(F)c1.C[C@@H](Nc1ncnc(N)c1C#N)c1cc2ncccc2nc1-c1cc(F)cc(F)c1.C[C@H](Nc1ncnc(N)c1C#N)c1cc2ncccc2nc1-c1cc(F)cc(F)c1. The van der Waals surface area contributed by atoms with Crippen molar-refractivity contribution in [2.24, 2.45) is 0 Å². The van der Waals surface area contributed by atoms with E-state index in [-0.39, 0.29) is 68.3 Å². The second-order valence-corrected chi connectivity index (χ2v) is 19.8. The number of nitrogens with two attached hydrogens (primary N) is 3. The lowest BCUT2D eigenvalue weighted by molar-refractivity contribution is 0.583. The number of halogens is 6. The van der Waals surface area contributed by atoms with Crippen LogP contribution in [0.5, 0.6) is 0 Å². The lowest BCUT2D eigenvalue weighted by Gasteiger charge is -2.19. The van der Waals surface area contributed by atoms with E-state index in [1.165, 1.54) is 55.4 Å². The van der Waals surface area contributed by atoms with E-state index in [9.17, 15) is 42.1 Å². The highest BCUT2D eigenvalue weighted by Crippen LogP contribution is 2.36. The van der Waals surface area contributed by atoms with Crippen molar-refractivity contribution in [2.45, 2.75) is 38.9 Å². The Bertz CT molecular complexity index is 4320. The van der Waals surface area contributed by atoms with Gasteiger partial charge in [0.05, 0.1) is 68.3 Å². The third-order valence-corrected chi connectivity index (χ3v) is 13.7. The smallest absolute Gasteiger partial charge is 0.150 e. The average Bonchev–Trinajstić information content (AvgIpc) is 0.988. The Morgan fingerprint density at radius 2 is 0.611 bits per heavy atom. The third kappa shape index (κ3) is 13.4. The van der Waals surface area contributed by atoms with Gasteiger partial charge in [-0.1, -0.05) is 0 Å². The fourth-order valence-electron chi connectivity index (χ4n) is 9.51. The summed E-state index contributed by atoms with van der Waals surface area (Å²) in [4.78, 5) is 50.4. The van der Waals surface area contributed by atoms with Gasteiger partial charge in [-0.15, -0.1) is 0 Å². The van der Waals surface area contributed by atoms with E-state index in [1.54, 1.807) is 73.2 Å². The second kappa shape index (κ2) is 26.4. The Morgan fingerprint density at radius 1 is 0.356 bits per heavy atom. The summed E-state index contributed by atoms with van der Waals surface area (Å²) in [5.74, 6) is -3.37. The van der Waals surface area contributed by atoms with Crippen molar-refractivity contribution in [1.29, 1.82) is 15.8 Å². The maximum atomic E-state index is 13.9. The number of nitrogens with one attached hydrogen (secondary N) is 3. The van der Waals surface area contributed by atoms with E-state index >= 15 is 0 Å². The minimum Gasteiger partial charge on any atom is -0.382 e. The average molecular weight is 1210 g/mol. The largest absolute Gasteiger partial charge is 0.382 e. The maximum Gasteiger partial charge on any atom is 0.150 e. The van der Waals surface area contributed by atoms with Gasteiger partial charge in [0.2, 0.25) is 0 Å². The molecule has 12 aromatic rings. The summed E-state index contributed by atoms with van der Waals surface area (Å²) in [5, 5.41) is 37.4. The lowest BCUT2D eigenvalue weighted by atomic mass is 9.99. The third-order valence-electron chi connectivity index (χ3n) is 13.7. The van der Waals surface area contributed by atoms with Crippen LogP contribution >= 0.6 is 0 Å². The molecule has 3 aromatic carbocycles. The molecule has 444 valence electrons. The van der Waals surface area contributed by atoms with E-state index in [2.05, 4.69) is 75.8 Å². The van der Waals surface area contributed by atoms with Gasteiger partial charge in [0.25, 0.3) is 0 Å². The fourth-order valence-corrected chi connectivity index (χ4v) is 9.51. The number of fused-ring (bicyclic) bond motifs is 3. The van der Waals surface area contributed by atoms with Gasteiger partial charge in [0, 0.05) is 70.2 Å². The fraction of sp³-hybridized carbons (Fsp3) is 0.0952. The van der Waals surface area contributed by atoms with Crippen LogP contribution in [0.1, 0.15) is 72.3 Å². The molecule has 0 saturated heterocycles. The predicted octanol–water partition coefficient (Wildman–Crippen LogP) is 12.0. The number of nitrogen functional groups attached to an aromatic ring is 3. The molecule has 90 heavy (non-hydrogen) atoms. The molecule has 0 spiro atoms. The van der Waals surface area contributed by atoms with Crippen molar-refractivity contribution >= 4 is 68.0 Å². The molecule has 0 aliphatic rings. The number of pyridine rings is 6. The standard InChI is InChI=1S/3C21H15F2N7/c3*1-11(29-21-16(9-24)20(25)27-10-28-21)15-8-18-17(3-2-4-26-18)30-19(15)12-5-13(22)7-14(23)6-12/h3*2-8,10-11H,1H3,(H3,25,27,28,29)/t2*11-;/m10./s1. The second-order valence-electron chi connectivity index (χ2n) is 19.8. The van der Waals surface area contributed by atoms with Crippen LogP contribution in [-0.2, 0) is 0 Å². The van der Waals surface area contributed by atoms with Crippen molar-refractivity contribution in [2.75, 3.05) is 33.2 Å². The molecule has 0 amide bonds. The van der Waals surface area contributed by atoms with Crippen LogP contribution < -0.4 is 33.2 Å². The van der Waals surface area contributed by atoms with E-state index in [4.69, 9.17) is 17.2 Å². The quantitative estimate of drug-likeness (QED) is 0.0619.